The molecule has 1 unspecified atom stereocenters. The predicted octanol–water partition coefficient (Wildman–Crippen LogP) is 8.10. The summed E-state index contributed by atoms with van der Waals surface area (Å²) in [6.45, 7) is 34.5. The second-order valence-electron chi connectivity index (χ2n) is 12.3. The van der Waals surface area contributed by atoms with E-state index >= 15 is 0 Å². The van der Waals surface area contributed by atoms with Crippen LogP contribution >= 0.6 is 0 Å². The molecular formula is C24H54O5Si4. The third-order valence-corrected chi connectivity index (χ3v) is 24.5. The Kier molecular flexibility index (Phi) is 12.8. The molecule has 0 saturated heterocycles. The summed E-state index contributed by atoms with van der Waals surface area (Å²) in [5.41, 5.74) is 1.21. The SMILES string of the molecule is C=CC(=O)O[Si](CC(C)C)(CC(C)C)O[Si](C)(O[Si](C)(C)C)O[Si](C(C)C)(C(C)C)C(C)C. The molecule has 0 saturated carbocycles. The van der Waals surface area contributed by atoms with Crippen LogP contribution in [-0.2, 0) is 21.6 Å². The van der Waals surface area contributed by atoms with Gasteiger partial charge in [-0.1, -0.05) is 75.8 Å². The Hall–Kier alpha value is -0.0425. The molecule has 1 atom stereocenters. The van der Waals surface area contributed by atoms with Crippen molar-refractivity contribution >= 4 is 40.0 Å². The Labute approximate surface area is 209 Å². The molecule has 9 heteroatoms. The molecular weight excluding hydrogens is 481 g/mol. The van der Waals surface area contributed by atoms with Gasteiger partial charge in [-0.3, -0.25) is 0 Å². The molecule has 0 aromatic carbocycles. The zero-order chi connectivity index (χ0) is 26.4. The molecule has 0 heterocycles. The van der Waals surface area contributed by atoms with Gasteiger partial charge in [-0.05, 0) is 48.1 Å². The summed E-state index contributed by atoms with van der Waals surface area (Å²) in [5, 5.41) is 0. The van der Waals surface area contributed by atoms with Crippen molar-refractivity contribution in [3.8, 4) is 0 Å². The van der Waals surface area contributed by atoms with Crippen molar-refractivity contribution in [2.75, 3.05) is 0 Å². The molecule has 0 amide bonds. The van der Waals surface area contributed by atoms with E-state index in [0.29, 0.717) is 40.5 Å². The molecule has 0 aliphatic heterocycles. The molecule has 0 aromatic rings. The summed E-state index contributed by atoms with van der Waals surface area (Å²) >= 11 is 0. The minimum absolute atomic E-state index is 0.320. The highest BCUT2D eigenvalue weighted by Gasteiger charge is 2.58. The lowest BCUT2D eigenvalue weighted by atomic mass is 10.3. The fraction of sp³-hybridized carbons (Fsp3) is 0.875. The van der Waals surface area contributed by atoms with Crippen molar-refractivity contribution in [2.45, 2.75) is 124 Å². The topological polar surface area (TPSA) is 54.0 Å². The first-order chi connectivity index (χ1) is 14.7. The molecule has 196 valence electrons. The van der Waals surface area contributed by atoms with Gasteiger partial charge in [-0.2, -0.15) is 0 Å². The van der Waals surface area contributed by atoms with E-state index in [1.807, 2.05) is 0 Å². The Morgan fingerprint density at radius 2 is 1.12 bits per heavy atom. The monoisotopic (exact) mass is 534 g/mol. The first kappa shape index (κ1) is 33.0. The Bertz CT molecular complexity index is 597. The highest BCUT2D eigenvalue weighted by Crippen LogP contribution is 2.45. The first-order valence-electron chi connectivity index (χ1n) is 12.7. The average molecular weight is 535 g/mol. The van der Waals surface area contributed by atoms with Gasteiger partial charge in [-0.25, -0.2) is 4.79 Å². The molecule has 0 aliphatic carbocycles. The van der Waals surface area contributed by atoms with Crippen molar-refractivity contribution in [1.82, 2.24) is 0 Å². The van der Waals surface area contributed by atoms with Crippen molar-refractivity contribution in [3.63, 3.8) is 0 Å². The quantitative estimate of drug-likeness (QED) is 0.157. The Morgan fingerprint density at radius 1 is 0.727 bits per heavy atom. The molecule has 0 bridgehead atoms. The summed E-state index contributed by atoms with van der Waals surface area (Å²) in [4.78, 5) is 12.5. The maximum atomic E-state index is 12.5. The maximum absolute atomic E-state index is 12.5. The standard InChI is InChI=1S/C24H54O5Si4/c1-16-24(25)26-32(17-19(2)3,18-20(4)5)28-31(15,27-30(12,13)14)29-33(21(6)7,22(8)9)23(10)11/h16,19-23H,1,17-18H2,2-15H3. The summed E-state index contributed by atoms with van der Waals surface area (Å²) in [5.74, 6) is 0.230. The lowest BCUT2D eigenvalue weighted by Crippen LogP contribution is -2.65. The highest BCUT2D eigenvalue weighted by molar-refractivity contribution is 6.91. The van der Waals surface area contributed by atoms with Crippen LogP contribution in [0, 0.1) is 11.8 Å². The molecule has 0 radical (unpaired) electrons. The van der Waals surface area contributed by atoms with E-state index < -0.39 is 40.0 Å². The van der Waals surface area contributed by atoms with Crippen LogP contribution in [0.15, 0.2) is 12.7 Å². The van der Waals surface area contributed by atoms with Crippen LogP contribution in [0.25, 0.3) is 0 Å². The van der Waals surface area contributed by atoms with Crippen molar-refractivity contribution in [1.29, 1.82) is 0 Å². The summed E-state index contributed by atoms with van der Waals surface area (Å²) in [7, 11) is -10.5. The Morgan fingerprint density at radius 3 is 1.39 bits per heavy atom. The van der Waals surface area contributed by atoms with Crippen molar-refractivity contribution in [3.05, 3.63) is 12.7 Å². The third kappa shape index (κ3) is 10.2. The molecule has 0 rings (SSSR count). The number of carbonyl (C=O) groups excluding carboxylic acids is 1. The van der Waals surface area contributed by atoms with Crippen LogP contribution in [0.4, 0.5) is 0 Å². The van der Waals surface area contributed by atoms with Gasteiger partial charge in [0.1, 0.15) is 0 Å². The van der Waals surface area contributed by atoms with Crippen LogP contribution in [-0.4, -0.2) is 40.0 Å². The number of hydrogen-bond acceptors (Lipinski definition) is 5. The van der Waals surface area contributed by atoms with Gasteiger partial charge >= 0.3 is 23.3 Å². The molecule has 5 nitrogen and oxygen atoms in total. The fourth-order valence-corrected chi connectivity index (χ4v) is 27.7. The van der Waals surface area contributed by atoms with Gasteiger partial charge in [-0.15, -0.1) is 0 Å². The van der Waals surface area contributed by atoms with Crippen molar-refractivity contribution in [2.24, 2.45) is 11.8 Å². The van der Waals surface area contributed by atoms with E-state index in [-0.39, 0.29) is 0 Å². The zero-order valence-electron chi connectivity index (χ0n) is 24.1. The summed E-state index contributed by atoms with van der Waals surface area (Å²) < 4.78 is 27.5. The van der Waals surface area contributed by atoms with Gasteiger partial charge in [0.05, 0.1) is 0 Å². The lowest BCUT2D eigenvalue weighted by molar-refractivity contribution is -0.131. The normalized spacial score (nSPS) is 15.6. The molecule has 33 heavy (non-hydrogen) atoms. The average Bonchev–Trinajstić information content (AvgIpc) is 2.55. The second-order valence-corrected chi connectivity index (χ2v) is 28.7. The minimum atomic E-state index is -3.18. The van der Waals surface area contributed by atoms with E-state index in [9.17, 15) is 4.79 Å². The maximum Gasteiger partial charge on any atom is 0.468 e. The zero-order valence-corrected chi connectivity index (χ0v) is 28.1. The molecule has 0 aliphatic rings. The first-order valence-corrected chi connectivity index (χ1v) is 22.7. The number of carbonyl (C=O) groups is 1. The number of rotatable bonds is 15. The number of hydrogen-bond donors (Lipinski definition) is 0. The van der Waals surface area contributed by atoms with E-state index in [4.69, 9.17) is 16.8 Å². The summed E-state index contributed by atoms with van der Waals surface area (Å²) in [6.07, 6.45) is 1.25. The van der Waals surface area contributed by atoms with Gasteiger partial charge < -0.3 is 16.8 Å². The lowest BCUT2D eigenvalue weighted by Gasteiger charge is -2.50. The van der Waals surface area contributed by atoms with Gasteiger partial charge in [0.2, 0.25) is 0 Å². The van der Waals surface area contributed by atoms with E-state index in [1.165, 1.54) is 6.08 Å². The highest BCUT2D eigenvalue weighted by atomic mass is 28.5. The van der Waals surface area contributed by atoms with Crippen LogP contribution in [0.3, 0.4) is 0 Å². The molecule has 0 spiro atoms. The molecule has 0 N–H and O–H groups in total. The van der Waals surface area contributed by atoms with E-state index in [2.05, 4.69) is 102 Å². The third-order valence-electron chi connectivity index (χ3n) is 5.82. The second kappa shape index (κ2) is 12.8. The van der Waals surface area contributed by atoms with Crippen LogP contribution < -0.4 is 0 Å². The van der Waals surface area contributed by atoms with E-state index in [0.717, 1.165) is 0 Å². The van der Waals surface area contributed by atoms with E-state index in [1.54, 1.807) is 0 Å². The molecule has 0 fully saturated rings. The van der Waals surface area contributed by atoms with Gasteiger partial charge in [0.25, 0.3) is 0 Å². The van der Waals surface area contributed by atoms with Crippen LogP contribution in [0.1, 0.15) is 69.2 Å². The summed E-state index contributed by atoms with van der Waals surface area (Å²) in [6, 6.07) is 1.43. The largest absolute Gasteiger partial charge is 0.491 e. The molecule has 0 aromatic heterocycles. The minimum Gasteiger partial charge on any atom is -0.491 e. The predicted molar refractivity (Wildman–Crippen MR) is 151 cm³/mol. The van der Waals surface area contributed by atoms with Gasteiger partial charge in [0, 0.05) is 24.7 Å². The van der Waals surface area contributed by atoms with Crippen molar-refractivity contribution < 1.29 is 21.6 Å². The van der Waals surface area contributed by atoms with Crippen LogP contribution in [0.5, 0.6) is 0 Å². The Balaban J connectivity index is 6.80. The fourth-order valence-electron chi connectivity index (χ4n) is 5.37. The smallest absolute Gasteiger partial charge is 0.468 e. The van der Waals surface area contributed by atoms with Crippen LogP contribution in [0.2, 0.25) is 54.9 Å². The van der Waals surface area contributed by atoms with Gasteiger partial charge in [0.15, 0.2) is 16.6 Å².